The molecule has 10 heteroatoms. The minimum absolute atomic E-state index is 0.111. The second kappa shape index (κ2) is 8.94. The van der Waals surface area contributed by atoms with Crippen LogP contribution >= 0.6 is 0 Å². The summed E-state index contributed by atoms with van der Waals surface area (Å²) in [7, 11) is 1.34. The highest BCUT2D eigenvalue weighted by atomic mass is 19.1. The number of halogens is 1. The van der Waals surface area contributed by atoms with Crippen molar-refractivity contribution in [1.29, 1.82) is 0 Å². The van der Waals surface area contributed by atoms with Crippen molar-refractivity contribution < 1.29 is 23.5 Å². The lowest BCUT2D eigenvalue weighted by Gasteiger charge is -2.40. The normalized spacial score (nSPS) is 16.3. The molecule has 9 nitrogen and oxygen atoms in total. The Hall–Kier alpha value is -4.08. The molecular weight excluding hydrogens is 453 g/mol. The third kappa shape index (κ3) is 4.64. The van der Waals surface area contributed by atoms with Crippen LogP contribution in [-0.2, 0) is 10.3 Å². The van der Waals surface area contributed by atoms with Gasteiger partial charge in [-0.3, -0.25) is 4.79 Å². The number of rotatable bonds is 7. The summed E-state index contributed by atoms with van der Waals surface area (Å²) in [5.74, 6) is -0.564. The molecule has 2 fully saturated rings. The molecule has 1 saturated carbocycles. The number of pyridine rings is 1. The van der Waals surface area contributed by atoms with Crippen LogP contribution in [0.25, 0.3) is 0 Å². The summed E-state index contributed by atoms with van der Waals surface area (Å²) in [5.41, 5.74) is 2.30. The number of benzene rings is 1. The molecule has 1 aliphatic heterocycles. The Bertz CT molecular complexity index is 1260. The maximum Gasteiger partial charge on any atom is 0.337 e. The number of methoxy groups -OCH3 is 1. The molecule has 35 heavy (non-hydrogen) atoms. The highest BCUT2D eigenvalue weighted by Gasteiger charge is 2.46. The van der Waals surface area contributed by atoms with Crippen LogP contribution in [0.3, 0.4) is 0 Å². The molecular formula is C25H24FN5O4. The van der Waals surface area contributed by atoms with Gasteiger partial charge in [-0.05, 0) is 49.1 Å². The van der Waals surface area contributed by atoms with Gasteiger partial charge in [-0.25, -0.2) is 24.1 Å². The van der Waals surface area contributed by atoms with Gasteiger partial charge in [0.2, 0.25) is 0 Å². The number of nitrogens with one attached hydrogen (secondary N) is 1. The maximum atomic E-state index is 13.4. The average Bonchev–Trinajstić information content (AvgIpc) is 3.62. The van der Waals surface area contributed by atoms with Crippen molar-refractivity contribution in [2.75, 3.05) is 25.1 Å². The largest absolute Gasteiger partial charge is 0.465 e. The number of aryl methyl sites for hydroxylation is 1. The van der Waals surface area contributed by atoms with Crippen molar-refractivity contribution in [2.45, 2.75) is 31.4 Å². The number of esters is 1. The van der Waals surface area contributed by atoms with E-state index in [1.807, 2.05) is 30.0 Å². The van der Waals surface area contributed by atoms with E-state index in [1.54, 1.807) is 18.3 Å². The molecule has 0 radical (unpaired) electrons. The third-order valence-electron chi connectivity index (χ3n) is 6.23. The highest BCUT2D eigenvalue weighted by molar-refractivity contribution is 6.00. The minimum Gasteiger partial charge on any atom is -0.465 e. The number of nitrogens with zero attached hydrogens (tertiary/aromatic N) is 4. The first-order valence-electron chi connectivity index (χ1n) is 11.2. The Morgan fingerprint density at radius 1 is 1.09 bits per heavy atom. The number of anilines is 1. The Morgan fingerprint density at radius 3 is 2.40 bits per heavy atom. The Balaban J connectivity index is 1.28. The molecule has 1 aliphatic carbocycles. The molecule has 3 heterocycles. The van der Waals surface area contributed by atoms with Crippen LogP contribution in [0.5, 0.6) is 6.01 Å². The van der Waals surface area contributed by atoms with Gasteiger partial charge in [0.1, 0.15) is 11.9 Å². The van der Waals surface area contributed by atoms with Crippen LogP contribution in [0.15, 0.2) is 48.9 Å². The number of carbonyl (C=O) groups excluding carboxylic acids is 2. The first kappa shape index (κ1) is 22.7. The van der Waals surface area contributed by atoms with Gasteiger partial charge in [0.15, 0.2) is 5.82 Å². The van der Waals surface area contributed by atoms with Gasteiger partial charge in [0, 0.05) is 6.20 Å². The van der Waals surface area contributed by atoms with E-state index in [4.69, 9.17) is 9.47 Å². The topological polar surface area (TPSA) is 107 Å². The number of amides is 1. The van der Waals surface area contributed by atoms with Gasteiger partial charge < -0.3 is 19.7 Å². The lowest BCUT2D eigenvalue weighted by molar-refractivity contribution is 0.0600. The predicted molar refractivity (Wildman–Crippen MR) is 124 cm³/mol. The standard InChI is InChI=1S/C25H24FN5O4/c1-15-9-20(21(27-10-15)31-13-19(14-31)35-24-28-11-18(26)12-29-24)22(32)30-25(7-8-25)17-5-3-16(4-6-17)23(33)34-2/h3-6,9-12,19H,7-8,13-14H2,1-2H3,(H,30,32). The Labute approximate surface area is 201 Å². The molecule has 3 aromatic rings. The van der Waals surface area contributed by atoms with Gasteiger partial charge >= 0.3 is 12.0 Å². The second-order valence-corrected chi connectivity index (χ2v) is 8.82. The number of hydrogen-bond donors (Lipinski definition) is 1. The highest BCUT2D eigenvalue weighted by Crippen LogP contribution is 2.46. The van der Waals surface area contributed by atoms with E-state index in [1.165, 1.54) is 7.11 Å². The Kier molecular flexibility index (Phi) is 5.80. The van der Waals surface area contributed by atoms with E-state index in [-0.39, 0.29) is 18.0 Å². The molecule has 0 atom stereocenters. The molecule has 2 aromatic heterocycles. The van der Waals surface area contributed by atoms with Gasteiger partial charge in [-0.2, -0.15) is 0 Å². The fraction of sp³-hybridized carbons (Fsp3) is 0.320. The van der Waals surface area contributed by atoms with Crippen molar-refractivity contribution in [1.82, 2.24) is 20.3 Å². The summed E-state index contributed by atoms with van der Waals surface area (Å²) in [6, 6.07) is 9.05. The van der Waals surface area contributed by atoms with E-state index < -0.39 is 17.3 Å². The van der Waals surface area contributed by atoms with Crippen LogP contribution in [-0.4, -0.2) is 53.1 Å². The van der Waals surface area contributed by atoms with Crippen molar-refractivity contribution in [2.24, 2.45) is 0 Å². The van der Waals surface area contributed by atoms with Crippen LogP contribution < -0.4 is 15.0 Å². The molecule has 0 unspecified atom stereocenters. The Morgan fingerprint density at radius 2 is 1.77 bits per heavy atom. The zero-order valence-electron chi connectivity index (χ0n) is 19.3. The SMILES string of the molecule is COC(=O)c1ccc(C2(NC(=O)c3cc(C)cnc3N3CC(Oc4ncc(F)cn4)C3)CC2)cc1. The molecule has 1 N–H and O–H groups in total. The number of ether oxygens (including phenoxy) is 2. The summed E-state index contributed by atoms with van der Waals surface area (Å²) >= 11 is 0. The molecule has 1 saturated heterocycles. The molecule has 0 bridgehead atoms. The zero-order valence-corrected chi connectivity index (χ0v) is 19.3. The number of carbonyl (C=O) groups is 2. The molecule has 180 valence electrons. The number of hydrogen-bond acceptors (Lipinski definition) is 8. The predicted octanol–water partition coefficient (Wildman–Crippen LogP) is 2.79. The lowest BCUT2D eigenvalue weighted by atomic mass is 10.0. The van der Waals surface area contributed by atoms with Gasteiger partial charge in [0.05, 0.1) is 49.3 Å². The zero-order chi connectivity index (χ0) is 24.6. The first-order chi connectivity index (χ1) is 16.9. The van der Waals surface area contributed by atoms with Gasteiger partial charge in [-0.1, -0.05) is 12.1 Å². The van der Waals surface area contributed by atoms with Crippen molar-refractivity contribution >= 4 is 17.7 Å². The summed E-state index contributed by atoms with van der Waals surface area (Å²) in [4.78, 5) is 39.2. The molecule has 1 amide bonds. The molecule has 5 rings (SSSR count). The molecule has 2 aliphatic rings. The van der Waals surface area contributed by atoms with E-state index in [2.05, 4.69) is 20.3 Å². The fourth-order valence-electron chi connectivity index (χ4n) is 4.12. The quantitative estimate of drug-likeness (QED) is 0.518. The fourth-order valence-corrected chi connectivity index (χ4v) is 4.12. The smallest absolute Gasteiger partial charge is 0.337 e. The van der Waals surface area contributed by atoms with Gasteiger partial charge in [-0.15, -0.1) is 0 Å². The summed E-state index contributed by atoms with van der Waals surface area (Å²) < 4.78 is 23.4. The van der Waals surface area contributed by atoms with Crippen molar-refractivity contribution in [3.05, 3.63) is 77.0 Å². The minimum atomic E-state index is -0.528. The van der Waals surface area contributed by atoms with Crippen LogP contribution in [0.4, 0.5) is 10.2 Å². The van der Waals surface area contributed by atoms with Crippen LogP contribution in [0, 0.1) is 12.7 Å². The van der Waals surface area contributed by atoms with E-state index >= 15 is 0 Å². The first-order valence-corrected chi connectivity index (χ1v) is 11.2. The van der Waals surface area contributed by atoms with Crippen LogP contribution in [0.1, 0.15) is 44.7 Å². The molecule has 1 aromatic carbocycles. The van der Waals surface area contributed by atoms with E-state index in [0.29, 0.717) is 30.0 Å². The van der Waals surface area contributed by atoms with Gasteiger partial charge in [0.25, 0.3) is 5.91 Å². The van der Waals surface area contributed by atoms with Crippen molar-refractivity contribution in [3.63, 3.8) is 0 Å². The van der Waals surface area contributed by atoms with Crippen LogP contribution in [0.2, 0.25) is 0 Å². The number of aromatic nitrogens is 3. The maximum absolute atomic E-state index is 13.4. The lowest BCUT2D eigenvalue weighted by Crippen LogP contribution is -2.55. The summed E-state index contributed by atoms with van der Waals surface area (Å²) in [6.07, 6.45) is 5.26. The molecule has 0 spiro atoms. The average molecular weight is 477 g/mol. The van der Waals surface area contributed by atoms with E-state index in [9.17, 15) is 14.0 Å². The van der Waals surface area contributed by atoms with E-state index in [0.717, 1.165) is 36.4 Å². The monoisotopic (exact) mass is 477 g/mol. The van der Waals surface area contributed by atoms with Crippen molar-refractivity contribution in [3.8, 4) is 6.01 Å². The second-order valence-electron chi connectivity index (χ2n) is 8.82. The third-order valence-corrected chi connectivity index (χ3v) is 6.23. The summed E-state index contributed by atoms with van der Waals surface area (Å²) in [5, 5.41) is 3.18. The summed E-state index contributed by atoms with van der Waals surface area (Å²) in [6.45, 7) is 2.88.